The van der Waals surface area contributed by atoms with E-state index in [0.29, 0.717) is 0 Å². The molecule has 76 valence electrons. The van der Waals surface area contributed by atoms with Crippen LogP contribution in [-0.2, 0) is 6.42 Å². The van der Waals surface area contributed by atoms with Crippen molar-refractivity contribution in [3.8, 4) is 0 Å². The molecule has 14 heavy (non-hydrogen) atoms. The van der Waals surface area contributed by atoms with Crippen molar-refractivity contribution in [1.29, 1.82) is 0 Å². The minimum atomic E-state index is 1.11. The Hall–Kier alpha value is -1.04. The SMILES string of the molecule is CCC=Cc1ccc(CCCC)cc1. The van der Waals surface area contributed by atoms with Crippen LogP contribution in [-0.4, -0.2) is 0 Å². The van der Waals surface area contributed by atoms with Crippen molar-refractivity contribution in [1.82, 2.24) is 0 Å². The zero-order chi connectivity index (χ0) is 10.2. The Balaban J connectivity index is 2.54. The van der Waals surface area contributed by atoms with Crippen molar-refractivity contribution in [3.63, 3.8) is 0 Å². The lowest BCUT2D eigenvalue weighted by molar-refractivity contribution is 0.795. The van der Waals surface area contributed by atoms with Gasteiger partial charge in [-0.2, -0.15) is 0 Å². The maximum Gasteiger partial charge on any atom is -0.0260 e. The Kier molecular flexibility index (Phi) is 5.06. The third-order valence-electron chi connectivity index (χ3n) is 2.34. The summed E-state index contributed by atoms with van der Waals surface area (Å²) >= 11 is 0. The van der Waals surface area contributed by atoms with E-state index in [4.69, 9.17) is 0 Å². The van der Waals surface area contributed by atoms with Crippen LogP contribution in [0.25, 0.3) is 6.08 Å². The van der Waals surface area contributed by atoms with E-state index in [1.807, 2.05) is 0 Å². The standard InChI is InChI=1S/C14H20/c1-3-5-7-13-9-11-14(12-10-13)8-6-4-2/h5,7,9-12H,3-4,6,8H2,1-2H3. The van der Waals surface area contributed by atoms with Gasteiger partial charge in [-0.05, 0) is 30.4 Å². The molecule has 0 fully saturated rings. The van der Waals surface area contributed by atoms with Gasteiger partial charge in [-0.1, -0.05) is 56.7 Å². The molecular formula is C14H20. The normalized spacial score (nSPS) is 11.0. The second kappa shape index (κ2) is 6.42. The first-order valence-electron chi connectivity index (χ1n) is 5.62. The molecule has 1 aromatic carbocycles. The largest absolute Gasteiger partial charge is 0.0842 e. The summed E-state index contributed by atoms with van der Waals surface area (Å²) in [7, 11) is 0. The van der Waals surface area contributed by atoms with Gasteiger partial charge in [0.15, 0.2) is 0 Å². The molecule has 0 amide bonds. The van der Waals surface area contributed by atoms with Gasteiger partial charge in [0.2, 0.25) is 0 Å². The fourth-order valence-electron chi connectivity index (χ4n) is 1.43. The van der Waals surface area contributed by atoms with E-state index >= 15 is 0 Å². The van der Waals surface area contributed by atoms with Crippen molar-refractivity contribution in [2.75, 3.05) is 0 Å². The average molecular weight is 188 g/mol. The molecule has 0 saturated carbocycles. The number of benzene rings is 1. The highest BCUT2D eigenvalue weighted by molar-refractivity contribution is 5.49. The third-order valence-corrected chi connectivity index (χ3v) is 2.34. The molecule has 0 atom stereocenters. The first-order valence-corrected chi connectivity index (χ1v) is 5.62. The summed E-state index contributed by atoms with van der Waals surface area (Å²) in [6.07, 6.45) is 9.28. The Morgan fingerprint density at radius 3 is 2.36 bits per heavy atom. The smallest absolute Gasteiger partial charge is 0.0260 e. The zero-order valence-electron chi connectivity index (χ0n) is 9.29. The molecule has 0 aliphatic rings. The number of unbranched alkanes of at least 4 members (excludes halogenated alkanes) is 1. The molecular weight excluding hydrogens is 168 g/mol. The van der Waals surface area contributed by atoms with Gasteiger partial charge < -0.3 is 0 Å². The van der Waals surface area contributed by atoms with Crippen LogP contribution in [0.1, 0.15) is 44.2 Å². The first-order chi connectivity index (χ1) is 6.86. The van der Waals surface area contributed by atoms with Crippen molar-refractivity contribution in [2.24, 2.45) is 0 Å². The minimum absolute atomic E-state index is 1.11. The van der Waals surface area contributed by atoms with Crippen LogP contribution in [0, 0.1) is 0 Å². The Labute approximate surface area is 87.7 Å². The molecule has 0 aliphatic heterocycles. The average Bonchev–Trinajstić information content (AvgIpc) is 2.25. The molecule has 0 aliphatic carbocycles. The molecule has 0 unspecified atom stereocenters. The Morgan fingerprint density at radius 1 is 1.07 bits per heavy atom. The number of allylic oxidation sites excluding steroid dienone is 1. The van der Waals surface area contributed by atoms with Gasteiger partial charge in [0.05, 0.1) is 0 Å². The molecule has 0 spiro atoms. The lowest BCUT2D eigenvalue weighted by Gasteiger charge is -2.00. The third kappa shape index (κ3) is 3.78. The van der Waals surface area contributed by atoms with Crippen LogP contribution in [0.5, 0.6) is 0 Å². The van der Waals surface area contributed by atoms with Gasteiger partial charge in [0.1, 0.15) is 0 Å². The van der Waals surface area contributed by atoms with Crippen molar-refractivity contribution >= 4 is 6.08 Å². The summed E-state index contributed by atoms with van der Waals surface area (Å²) in [5.41, 5.74) is 2.77. The lowest BCUT2D eigenvalue weighted by Crippen LogP contribution is -1.83. The second-order valence-corrected chi connectivity index (χ2v) is 3.66. The quantitative estimate of drug-likeness (QED) is 0.640. The van der Waals surface area contributed by atoms with Crippen LogP contribution in [0.2, 0.25) is 0 Å². The van der Waals surface area contributed by atoms with Crippen LogP contribution in [0.4, 0.5) is 0 Å². The maximum atomic E-state index is 2.24. The number of hydrogen-bond acceptors (Lipinski definition) is 0. The van der Waals surface area contributed by atoms with Gasteiger partial charge >= 0.3 is 0 Å². The van der Waals surface area contributed by atoms with E-state index in [1.54, 1.807) is 0 Å². The Bertz CT molecular complexity index is 267. The van der Waals surface area contributed by atoms with Crippen LogP contribution >= 0.6 is 0 Å². The molecule has 0 saturated heterocycles. The van der Waals surface area contributed by atoms with E-state index in [-0.39, 0.29) is 0 Å². The molecule has 1 aromatic rings. The monoisotopic (exact) mass is 188 g/mol. The fourth-order valence-corrected chi connectivity index (χ4v) is 1.43. The summed E-state index contributed by atoms with van der Waals surface area (Å²) in [6.45, 7) is 4.39. The van der Waals surface area contributed by atoms with E-state index < -0.39 is 0 Å². The molecule has 1 rings (SSSR count). The summed E-state index contributed by atoms with van der Waals surface area (Å²) in [4.78, 5) is 0. The topological polar surface area (TPSA) is 0 Å². The van der Waals surface area contributed by atoms with Gasteiger partial charge in [0.25, 0.3) is 0 Å². The van der Waals surface area contributed by atoms with Crippen molar-refractivity contribution < 1.29 is 0 Å². The minimum Gasteiger partial charge on any atom is -0.0842 e. The highest BCUT2D eigenvalue weighted by Gasteiger charge is 1.91. The van der Waals surface area contributed by atoms with Crippen LogP contribution < -0.4 is 0 Å². The highest BCUT2D eigenvalue weighted by Crippen LogP contribution is 2.09. The predicted octanol–water partition coefficient (Wildman–Crippen LogP) is 4.45. The van der Waals surface area contributed by atoms with Gasteiger partial charge in [0, 0.05) is 0 Å². The van der Waals surface area contributed by atoms with E-state index in [2.05, 4.69) is 50.3 Å². The molecule has 0 nitrogen and oxygen atoms in total. The van der Waals surface area contributed by atoms with E-state index in [9.17, 15) is 0 Å². The number of rotatable bonds is 5. The Morgan fingerprint density at radius 2 is 1.79 bits per heavy atom. The molecule has 0 aromatic heterocycles. The summed E-state index contributed by atoms with van der Waals surface area (Å²) < 4.78 is 0. The molecule has 0 heteroatoms. The predicted molar refractivity (Wildman–Crippen MR) is 64.4 cm³/mol. The lowest BCUT2D eigenvalue weighted by atomic mass is 10.1. The molecule has 0 heterocycles. The van der Waals surface area contributed by atoms with E-state index in [0.717, 1.165) is 6.42 Å². The maximum absolute atomic E-state index is 2.24. The molecule has 0 bridgehead atoms. The van der Waals surface area contributed by atoms with Gasteiger partial charge in [-0.25, -0.2) is 0 Å². The summed E-state index contributed by atoms with van der Waals surface area (Å²) in [6, 6.07) is 8.89. The summed E-state index contributed by atoms with van der Waals surface area (Å²) in [5.74, 6) is 0. The van der Waals surface area contributed by atoms with Crippen LogP contribution in [0.3, 0.4) is 0 Å². The first kappa shape index (κ1) is 11.0. The number of aryl methyl sites for hydroxylation is 1. The van der Waals surface area contributed by atoms with Crippen LogP contribution in [0.15, 0.2) is 30.3 Å². The number of hydrogen-bond donors (Lipinski definition) is 0. The fraction of sp³-hybridized carbons (Fsp3) is 0.429. The van der Waals surface area contributed by atoms with Crippen molar-refractivity contribution in [3.05, 3.63) is 41.5 Å². The van der Waals surface area contributed by atoms with Gasteiger partial charge in [-0.3, -0.25) is 0 Å². The van der Waals surface area contributed by atoms with Crippen molar-refractivity contribution in [2.45, 2.75) is 39.5 Å². The highest BCUT2D eigenvalue weighted by atomic mass is 14.0. The molecule has 0 N–H and O–H groups in total. The van der Waals surface area contributed by atoms with Gasteiger partial charge in [-0.15, -0.1) is 0 Å². The second-order valence-electron chi connectivity index (χ2n) is 3.66. The summed E-state index contributed by atoms with van der Waals surface area (Å²) in [5, 5.41) is 0. The van der Waals surface area contributed by atoms with E-state index in [1.165, 1.54) is 30.4 Å². The zero-order valence-corrected chi connectivity index (χ0v) is 9.29. The molecule has 0 radical (unpaired) electrons.